The van der Waals surface area contributed by atoms with Gasteiger partial charge in [-0.05, 0) is 0 Å². The highest BCUT2D eigenvalue weighted by atomic mass is 32.1. The Kier molecular flexibility index (Phi) is 3.25. The highest BCUT2D eigenvalue weighted by Crippen LogP contribution is 2.05. The Hall–Kier alpha value is -2.55. The van der Waals surface area contributed by atoms with Gasteiger partial charge in [0.25, 0.3) is 11.5 Å². The van der Waals surface area contributed by atoms with Gasteiger partial charge in [0.2, 0.25) is 0 Å². The minimum atomic E-state index is -0.442. The third-order valence-electron chi connectivity index (χ3n) is 2.70. The number of rotatable bonds is 4. The van der Waals surface area contributed by atoms with E-state index in [0.717, 1.165) is 0 Å². The van der Waals surface area contributed by atoms with E-state index >= 15 is 0 Å². The summed E-state index contributed by atoms with van der Waals surface area (Å²) in [5, 5.41) is 10.8. The van der Waals surface area contributed by atoms with E-state index in [2.05, 4.69) is 25.5 Å². The van der Waals surface area contributed by atoms with Gasteiger partial charge in [0, 0.05) is 30.7 Å². The van der Waals surface area contributed by atoms with Crippen LogP contribution in [0.3, 0.4) is 0 Å². The number of nitrogens with one attached hydrogen (secondary N) is 2. The van der Waals surface area contributed by atoms with Gasteiger partial charge in [-0.1, -0.05) is 0 Å². The van der Waals surface area contributed by atoms with Crippen molar-refractivity contribution in [3.8, 4) is 0 Å². The zero-order chi connectivity index (χ0) is 13.9. The van der Waals surface area contributed by atoms with Crippen LogP contribution in [0.1, 0.15) is 16.2 Å². The monoisotopic (exact) mass is 290 g/mol. The molecule has 0 saturated carbocycles. The van der Waals surface area contributed by atoms with Crippen LogP contribution in [0.4, 0.5) is 0 Å². The number of thiazole rings is 1. The van der Waals surface area contributed by atoms with Gasteiger partial charge in [0.1, 0.15) is 17.7 Å². The molecule has 8 nitrogen and oxygen atoms in total. The van der Waals surface area contributed by atoms with Gasteiger partial charge >= 0.3 is 0 Å². The SMILES string of the molecule is O=C(NCCc1ncn[nH]1)c1cnc2sccn2c1=O. The fourth-order valence-electron chi connectivity index (χ4n) is 1.72. The molecule has 1 amide bonds. The molecular weight excluding hydrogens is 280 g/mol. The predicted molar refractivity (Wildman–Crippen MR) is 71.8 cm³/mol. The average molecular weight is 290 g/mol. The maximum Gasteiger partial charge on any atom is 0.271 e. The lowest BCUT2D eigenvalue weighted by molar-refractivity contribution is 0.0952. The molecule has 3 aromatic heterocycles. The second kappa shape index (κ2) is 5.21. The van der Waals surface area contributed by atoms with Crippen molar-refractivity contribution in [1.82, 2.24) is 29.9 Å². The Morgan fingerprint density at radius 2 is 2.35 bits per heavy atom. The number of carbonyl (C=O) groups excluding carboxylic acids is 1. The average Bonchev–Trinajstić information content (AvgIpc) is 3.09. The van der Waals surface area contributed by atoms with Crippen LogP contribution in [0.25, 0.3) is 4.96 Å². The molecule has 3 aromatic rings. The van der Waals surface area contributed by atoms with E-state index < -0.39 is 5.91 Å². The first-order chi connectivity index (χ1) is 9.75. The zero-order valence-electron chi connectivity index (χ0n) is 10.2. The van der Waals surface area contributed by atoms with Crippen LogP contribution in [-0.2, 0) is 6.42 Å². The van der Waals surface area contributed by atoms with Crippen LogP contribution in [-0.4, -0.2) is 37.0 Å². The smallest absolute Gasteiger partial charge is 0.271 e. The summed E-state index contributed by atoms with van der Waals surface area (Å²) in [5.41, 5.74) is -0.341. The summed E-state index contributed by atoms with van der Waals surface area (Å²) in [6.07, 6.45) is 4.82. The molecule has 0 bridgehead atoms. The van der Waals surface area contributed by atoms with Crippen molar-refractivity contribution in [1.29, 1.82) is 0 Å². The fourth-order valence-corrected chi connectivity index (χ4v) is 2.40. The molecule has 3 heterocycles. The fraction of sp³-hybridized carbons (Fsp3) is 0.182. The summed E-state index contributed by atoms with van der Waals surface area (Å²) in [6, 6.07) is 0. The van der Waals surface area contributed by atoms with Gasteiger partial charge in [-0.15, -0.1) is 11.3 Å². The zero-order valence-corrected chi connectivity index (χ0v) is 11.1. The van der Waals surface area contributed by atoms with E-state index in [0.29, 0.717) is 23.8 Å². The number of hydrogen-bond donors (Lipinski definition) is 2. The van der Waals surface area contributed by atoms with Crippen molar-refractivity contribution in [2.75, 3.05) is 6.54 Å². The Bertz CT molecular complexity index is 791. The number of nitrogens with zero attached hydrogens (tertiary/aromatic N) is 4. The minimum absolute atomic E-state index is 0.0264. The second-order valence-corrected chi connectivity index (χ2v) is 4.84. The number of H-pyrrole nitrogens is 1. The summed E-state index contributed by atoms with van der Waals surface area (Å²) >= 11 is 1.34. The van der Waals surface area contributed by atoms with Gasteiger partial charge in [0.05, 0.1) is 0 Å². The van der Waals surface area contributed by atoms with Crippen LogP contribution >= 0.6 is 11.3 Å². The van der Waals surface area contributed by atoms with Crippen LogP contribution in [0.5, 0.6) is 0 Å². The van der Waals surface area contributed by atoms with Crippen molar-refractivity contribution >= 4 is 22.2 Å². The van der Waals surface area contributed by atoms with Crippen LogP contribution in [0.15, 0.2) is 28.9 Å². The van der Waals surface area contributed by atoms with Crippen LogP contribution < -0.4 is 10.9 Å². The number of carbonyl (C=O) groups is 1. The number of amides is 1. The lowest BCUT2D eigenvalue weighted by Gasteiger charge is -2.03. The highest BCUT2D eigenvalue weighted by Gasteiger charge is 2.13. The molecule has 20 heavy (non-hydrogen) atoms. The summed E-state index contributed by atoms with van der Waals surface area (Å²) in [7, 11) is 0. The third-order valence-corrected chi connectivity index (χ3v) is 3.47. The molecule has 0 radical (unpaired) electrons. The van der Waals surface area contributed by atoms with Crippen LogP contribution in [0.2, 0.25) is 0 Å². The number of fused-ring (bicyclic) bond motifs is 1. The Morgan fingerprint density at radius 1 is 1.45 bits per heavy atom. The first kappa shape index (κ1) is 12.5. The van der Waals surface area contributed by atoms with Gasteiger partial charge in [0.15, 0.2) is 4.96 Å². The standard InChI is InChI=1S/C11H10N6O2S/c18-9(12-2-1-8-14-6-15-16-8)7-5-13-11-17(10(7)19)3-4-20-11/h3-6H,1-2H2,(H,12,18)(H,14,15,16). The summed E-state index contributed by atoms with van der Waals surface area (Å²) < 4.78 is 1.36. The predicted octanol–water partition coefficient (Wildman–Crippen LogP) is -0.153. The van der Waals surface area contributed by atoms with E-state index in [1.165, 1.54) is 28.3 Å². The molecule has 102 valence electrons. The second-order valence-electron chi connectivity index (χ2n) is 3.97. The third kappa shape index (κ3) is 2.30. The Balaban J connectivity index is 1.72. The Morgan fingerprint density at radius 3 is 3.15 bits per heavy atom. The minimum Gasteiger partial charge on any atom is -0.351 e. The molecule has 0 saturated heterocycles. The van der Waals surface area contributed by atoms with Gasteiger partial charge in [-0.2, -0.15) is 5.10 Å². The molecule has 0 spiro atoms. The van der Waals surface area contributed by atoms with Crippen LogP contribution in [0, 0.1) is 0 Å². The van der Waals surface area contributed by atoms with E-state index in [1.54, 1.807) is 11.6 Å². The normalized spacial score (nSPS) is 10.8. The maximum atomic E-state index is 12.1. The lowest BCUT2D eigenvalue weighted by atomic mass is 10.3. The first-order valence-electron chi connectivity index (χ1n) is 5.83. The molecule has 9 heteroatoms. The van der Waals surface area contributed by atoms with Crippen molar-refractivity contribution in [3.05, 3.63) is 45.8 Å². The molecule has 0 aliphatic carbocycles. The topological polar surface area (TPSA) is 105 Å². The molecule has 0 aliphatic heterocycles. The molecule has 2 N–H and O–H groups in total. The summed E-state index contributed by atoms with van der Waals surface area (Å²) in [4.78, 5) is 32.6. The van der Waals surface area contributed by atoms with Gasteiger partial charge < -0.3 is 5.32 Å². The summed E-state index contributed by atoms with van der Waals surface area (Å²) in [5.74, 6) is 0.232. The van der Waals surface area contributed by atoms with E-state index in [1.807, 2.05) is 0 Å². The number of aromatic nitrogens is 5. The van der Waals surface area contributed by atoms with Gasteiger partial charge in [-0.25, -0.2) is 9.97 Å². The highest BCUT2D eigenvalue weighted by molar-refractivity contribution is 7.15. The first-order valence-corrected chi connectivity index (χ1v) is 6.71. The quantitative estimate of drug-likeness (QED) is 0.695. The van der Waals surface area contributed by atoms with Crippen molar-refractivity contribution in [3.63, 3.8) is 0 Å². The Labute approximate surface area is 116 Å². The molecule has 0 unspecified atom stereocenters. The molecule has 0 fully saturated rings. The molecule has 3 rings (SSSR count). The van der Waals surface area contributed by atoms with Crippen molar-refractivity contribution in [2.45, 2.75) is 6.42 Å². The van der Waals surface area contributed by atoms with E-state index in [4.69, 9.17) is 0 Å². The van der Waals surface area contributed by atoms with E-state index in [-0.39, 0.29) is 11.1 Å². The van der Waals surface area contributed by atoms with Crippen molar-refractivity contribution in [2.24, 2.45) is 0 Å². The maximum absolute atomic E-state index is 12.1. The van der Waals surface area contributed by atoms with Crippen molar-refractivity contribution < 1.29 is 4.79 Å². The van der Waals surface area contributed by atoms with Gasteiger partial charge in [-0.3, -0.25) is 19.1 Å². The van der Waals surface area contributed by atoms with E-state index in [9.17, 15) is 9.59 Å². The molecular formula is C11H10N6O2S. The number of aromatic amines is 1. The lowest BCUT2D eigenvalue weighted by Crippen LogP contribution is -2.32. The summed E-state index contributed by atoms with van der Waals surface area (Å²) in [6.45, 7) is 0.361. The largest absolute Gasteiger partial charge is 0.351 e. The molecule has 0 aromatic carbocycles. The molecule has 0 atom stereocenters. The number of hydrogen-bond acceptors (Lipinski definition) is 6. The molecule has 0 aliphatic rings.